The SMILES string of the molecule is Cc1ccc(NC(=O)[C@H]2CCCN(C(=O)c3cc(-c4ccncc4)n[nH]3)C2)cc1Cl. The third kappa shape index (κ3) is 4.36. The van der Waals surface area contributed by atoms with Gasteiger partial charge in [0, 0.05) is 41.8 Å². The van der Waals surface area contributed by atoms with Gasteiger partial charge in [0.05, 0.1) is 11.6 Å². The van der Waals surface area contributed by atoms with Gasteiger partial charge in [0.25, 0.3) is 5.91 Å². The molecular weight excluding hydrogens is 402 g/mol. The lowest BCUT2D eigenvalue weighted by Gasteiger charge is -2.31. The number of anilines is 1. The molecule has 2 aromatic heterocycles. The van der Waals surface area contributed by atoms with Crippen molar-refractivity contribution in [2.24, 2.45) is 5.92 Å². The summed E-state index contributed by atoms with van der Waals surface area (Å²) in [7, 11) is 0. The van der Waals surface area contributed by atoms with Crippen LogP contribution in [0, 0.1) is 12.8 Å². The number of amides is 2. The smallest absolute Gasteiger partial charge is 0.271 e. The first-order valence-electron chi connectivity index (χ1n) is 9.83. The standard InChI is InChI=1S/C22H22ClN5O2/c1-14-4-5-17(11-18(14)23)25-21(29)16-3-2-10-28(13-16)22(30)20-12-19(26-27-20)15-6-8-24-9-7-15/h4-9,11-12,16H,2-3,10,13H2,1H3,(H,25,29)(H,26,27)/t16-/m0/s1. The number of rotatable bonds is 4. The van der Waals surface area contributed by atoms with Crippen molar-refractivity contribution in [3.8, 4) is 11.3 Å². The van der Waals surface area contributed by atoms with E-state index in [0.717, 1.165) is 24.0 Å². The summed E-state index contributed by atoms with van der Waals surface area (Å²) in [6.45, 7) is 2.89. The number of H-pyrrole nitrogens is 1. The normalized spacial score (nSPS) is 16.3. The average molecular weight is 424 g/mol. The molecule has 0 spiro atoms. The number of nitrogens with one attached hydrogen (secondary N) is 2. The molecule has 1 atom stereocenters. The lowest BCUT2D eigenvalue weighted by atomic mass is 9.96. The summed E-state index contributed by atoms with van der Waals surface area (Å²) < 4.78 is 0. The Bertz CT molecular complexity index is 1070. The number of pyridine rings is 1. The second-order valence-electron chi connectivity index (χ2n) is 7.45. The minimum absolute atomic E-state index is 0.102. The van der Waals surface area contributed by atoms with E-state index >= 15 is 0 Å². The number of halogens is 1. The predicted molar refractivity (Wildman–Crippen MR) is 115 cm³/mol. The first-order valence-corrected chi connectivity index (χ1v) is 10.2. The Kier molecular flexibility index (Phi) is 5.81. The first-order chi connectivity index (χ1) is 14.5. The van der Waals surface area contributed by atoms with E-state index in [0.29, 0.717) is 35.2 Å². The van der Waals surface area contributed by atoms with Gasteiger partial charge in [-0.15, -0.1) is 0 Å². The van der Waals surface area contributed by atoms with Crippen LogP contribution in [-0.2, 0) is 4.79 Å². The quantitative estimate of drug-likeness (QED) is 0.665. The lowest BCUT2D eigenvalue weighted by molar-refractivity contribution is -0.121. The highest BCUT2D eigenvalue weighted by Gasteiger charge is 2.30. The number of aromatic amines is 1. The fraction of sp³-hybridized carbons (Fsp3) is 0.273. The Labute approximate surface area is 179 Å². The molecule has 154 valence electrons. The van der Waals surface area contributed by atoms with Gasteiger partial charge in [-0.1, -0.05) is 17.7 Å². The molecular formula is C22H22ClN5O2. The maximum absolute atomic E-state index is 12.9. The summed E-state index contributed by atoms with van der Waals surface area (Å²) >= 11 is 6.14. The van der Waals surface area contributed by atoms with E-state index in [9.17, 15) is 9.59 Å². The average Bonchev–Trinajstić information content (AvgIpc) is 3.27. The zero-order valence-corrected chi connectivity index (χ0v) is 17.3. The van der Waals surface area contributed by atoms with Crippen molar-refractivity contribution >= 4 is 29.1 Å². The summed E-state index contributed by atoms with van der Waals surface area (Å²) in [5.41, 5.74) is 3.59. The van der Waals surface area contributed by atoms with E-state index in [-0.39, 0.29) is 17.7 Å². The fourth-order valence-electron chi connectivity index (χ4n) is 3.56. The summed E-state index contributed by atoms with van der Waals surface area (Å²) in [5, 5.41) is 10.6. The zero-order valence-electron chi connectivity index (χ0n) is 16.6. The second kappa shape index (κ2) is 8.67. The Morgan fingerprint density at radius 3 is 2.77 bits per heavy atom. The van der Waals surface area contributed by atoms with Gasteiger partial charge in [-0.25, -0.2) is 0 Å². The molecule has 0 radical (unpaired) electrons. The van der Waals surface area contributed by atoms with Crippen molar-refractivity contribution < 1.29 is 9.59 Å². The molecule has 1 fully saturated rings. The Hall–Kier alpha value is -3.19. The van der Waals surface area contributed by atoms with Crippen molar-refractivity contribution in [2.45, 2.75) is 19.8 Å². The van der Waals surface area contributed by atoms with Crippen LogP contribution in [0.15, 0.2) is 48.8 Å². The number of hydrogen-bond donors (Lipinski definition) is 2. The zero-order chi connectivity index (χ0) is 21.1. The van der Waals surface area contributed by atoms with Gasteiger partial charge in [0.2, 0.25) is 5.91 Å². The highest BCUT2D eigenvalue weighted by Crippen LogP contribution is 2.24. The molecule has 0 unspecified atom stereocenters. The molecule has 30 heavy (non-hydrogen) atoms. The van der Waals surface area contributed by atoms with Crippen LogP contribution in [0.2, 0.25) is 5.02 Å². The molecule has 2 N–H and O–H groups in total. The van der Waals surface area contributed by atoms with Crippen LogP contribution in [0.5, 0.6) is 0 Å². The number of piperidine rings is 1. The van der Waals surface area contributed by atoms with Crippen molar-refractivity contribution in [3.63, 3.8) is 0 Å². The molecule has 0 bridgehead atoms. The summed E-state index contributed by atoms with van der Waals surface area (Å²) in [4.78, 5) is 31.4. The van der Waals surface area contributed by atoms with E-state index in [1.54, 1.807) is 29.4 Å². The molecule has 4 rings (SSSR count). The number of likely N-dealkylation sites (tertiary alicyclic amines) is 1. The van der Waals surface area contributed by atoms with Crippen molar-refractivity contribution in [1.29, 1.82) is 0 Å². The number of aryl methyl sites for hydroxylation is 1. The fourth-order valence-corrected chi connectivity index (χ4v) is 3.74. The molecule has 1 aliphatic heterocycles. The number of carbonyl (C=O) groups excluding carboxylic acids is 2. The van der Waals surface area contributed by atoms with Gasteiger partial charge in [0.1, 0.15) is 5.69 Å². The highest BCUT2D eigenvalue weighted by atomic mass is 35.5. The number of carbonyl (C=O) groups is 2. The van der Waals surface area contributed by atoms with Crippen LogP contribution in [0.3, 0.4) is 0 Å². The second-order valence-corrected chi connectivity index (χ2v) is 7.85. The number of hydrogen-bond acceptors (Lipinski definition) is 4. The van der Waals surface area contributed by atoms with Crippen LogP contribution < -0.4 is 5.32 Å². The van der Waals surface area contributed by atoms with Crippen molar-refractivity contribution in [1.82, 2.24) is 20.1 Å². The maximum Gasteiger partial charge on any atom is 0.271 e. The van der Waals surface area contributed by atoms with Gasteiger partial charge in [0.15, 0.2) is 0 Å². The van der Waals surface area contributed by atoms with Crippen LogP contribution in [0.4, 0.5) is 5.69 Å². The number of aromatic nitrogens is 3. The Morgan fingerprint density at radius 2 is 2.00 bits per heavy atom. The topological polar surface area (TPSA) is 91.0 Å². The molecule has 1 saturated heterocycles. The van der Waals surface area contributed by atoms with E-state index < -0.39 is 0 Å². The first kappa shape index (κ1) is 20.1. The molecule has 2 amide bonds. The molecule has 7 nitrogen and oxygen atoms in total. The third-order valence-electron chi connectivity index (χ3n) is 5.30. The molecule has 8 heteroatoms. The minimum Gasteiger partial charge on any atom is -0.337 e. The molecule has 3 heterocycles. The van der Waals surface area contributed by atoms with Gasteiger partial charge < -0.3 is 10.2 Å². The summed E-state index contributed by atoms with van der Waals surface area (Å²) in [5.74, 6) is -0.529. The Morgan fingerprint density at radius 1 is 1.20 bits per heavy atom. The molecule has 3 aromatic rings. The monoisotopic (exact) mass is 423 g/mol. The lowest BCUT2D eigenvalue weighted by Crippen LogP contribution is -2.43. The third-order valence-corrected chi connectivity index (χ3v) is 5.71. The van der Waals surface area contributed by atoms with E-state index in [1.807, 2.05) is 31.2 Å². The largest absolute Gasteiger partial charge is 0.337 e. The van der Waals surface area contributed by atoms with Gasteiger partial charge >= 0.3 is 0 Å². The molecule has 0 aliphatic carbocycles. The molecule has 0 saturated carbocycles. The van der Waals surface area contributed by atoms with Crippen LogP contribution in [-0.4, -0.2) is 45.0 Å². The Balaban J connectivity index is 1.42. The van der Waals surface area contributed by atoms with Gasteiger partial charge in [-0.05, 0) is 55.7 Å². The highest BCUT2D eigenvalue weighted by molar-refractivity contribution is 6.31. The van der Waals surface area contributed by atoms with Gasteiger partial charge in [-0.3, -0.25) is 19.7 Å². The van der Waals surface area contributed by atoms with Crippen molar-refractivity contribution in [2.75, 3.05) is 18.4 Å². The maximum atomic E-state index is 12.9. The summed E-state index contributed by atoms with van der Waals surface area (Å²) in [6, 6.07) is 10.8. The van der Waals surface area contributed by atoms with Crippen molar-refractivity contribution in [3.05, 3.63) is 65.1 Å². The number of nitrogens with zero attached hydrogens (tertiary/aromatic N) is 3. The number of benzene rings is 1. The van der Waals surface area contributed by atoms with Crippen LogP contribution in [0.25, 0.3) is 11.3 Å². The van der Waals surface area contributed by atoms with E-state index in [4.69, 9.17) is 11.6 Å². The van der Waals surface area contributed by atoms with Crippen LogP contribution >= 0.6 is 11.6 Å². The molecule has 1 aliphatic rings. The van der Waals surface area contributed by atoms with Crippen LogP contribution in [0.1, 0.15) is 28.9 Å². The minimum atomic E-state index is -0.273. The van der Waals surface area contributed by atoms with E-state index in [1.165, 1.54) is 0 Å². The molecule has 1 aromatic carbocycles. The summed E-state index contributed by atoms with van der Waals surface area (Å²) in [6.07, 6.45) is 4.87. The van der Waals surface area contributed by atoms with Gasteiger partial charge in [-0.2, -0.15) is 5.10 Å². The van der Waals surface area contributed by atoms with E-state index in [2.05, 4.69) is 20.5 Å². The predicted octanol–water partition coefficient (Wildman–Crippen LogP) is 3.92.